The molecule has 134 valence electrons. The molecule has 2 rings (SSSR count). The van der Waals surface area contributed by atoms with Gasteiger partial charge in [-0.15, -0.1) is 0 Å². The molecule has 0 bridgehead atoms. The van der Waals surface area contributed by atoms with E-state index in [2.05, 4.69) is 35.7 Å². The first-order valence-electron chi connectivity index (χ1n) is 8.90. The summed E-state index contributed by atoms with van der Waals surface area (Å²) < 4.78 is 5.51. The number of pyridine rings is 1. The van der Waals surface area contributed by atoms with Crippen LogP contribution in [-0.2, 0) is 6.54 Å². The Kier molecular flexibility index (Phi) is 8.22. The number of rotatable bonds is 8. The monoisotopic (exact) mass is 350 g/mol. The minimum absolute atomic E-state index is 0.531. The molecule has 1 aromatic rings. The van der Waals surface area contributed by atoms with Crippen molar-refractivity contribution in [2.75, 3.05) is 19.4 Å². The molecular weight excluding hydrogens is 320 g/mol. The molecule has 0 spiro atoms. The molecule has 0 amide bonds. The topological polar surface area (TPSA) is 58.5 Å². The summed E-state index contributed by atoms with van der Waals surface area (Å²) in [5, 5.41) is 7.69. The fourth-order valence-corrected chi connectivity index (χ4v) is 3.56. The first-order valence-corrected chi connectivity index (χ1v) is 10.2. The van der Waals surface area contributed by atoms with Crippen molar-refractivity contribution in [3.05, 3.63) is 23.9 Å². The Morgan fingerprint density at radius 1 is 1.38 bits per heavy atom. The fourth-order valence-electron chi connectivity index (χ4n) is 2.77. The van der Waals surface area contributed by atoms with Gasteiger partial charge in [0, 0.05) is 30.1 Å². The SMILES string of the molecule is CCCOc1ccc(CN=C(NCC)NC2CCC(SC)C2)cn1. The molecule has 0 saturated heterocycles. The Morgan fingerprint density at radius 3 is 2.88 bits per heavy atom. The van der Waals surface area contributed by atoms with Gasteiger partial charge in [0.25, 0.3) is 0 Å². The van der Waals surface area contributed by atoms with Gasteiger partial charge in [-0.25, -0.2) is 9.98 Å². The van der Waals surface area contributed by atoms with Crippen molar-refractivity contribution < 1.29 is 4.74 Å². The zero-order valence-electron chi connectivity index (χ0n) is 15.0. The number of aromatic nitrogens is 1. The Hall–Kier alpha value is -1.43. The molecular formula is C18H30N4OS. The highest BCUT2D eigenvalue weighted by Gasteiger charge is 2.24. The van der Waals surface area contributed by atoms with Crippen molar-refractivity contribution in [2.24, 2.45) is 4.99 Å². The molecule has 1 aromatic heterocycles. The lowest BCUT2D eigenvalue weighted by Gasteiger charge is -2.17. The summed E-state index contributed by atoms with van der Waals surface area (Å²) >= 11 is 1.97. The van der Waals surface area contributed by atoms with Gasteiger partial charge in [0.15, 0.2) is 5.96 Å². The van der Waals surface area contributed by atoms with Gasteiger partial charge < -0.3 is 15.4 Å². The number of thioether (sulfide) groups is 1. The van der Waals surface area contributed by atoms with E-state index in [1.54, 1.807) is 0 Å². The summed E-state index contributed by atoms with van der Waals surface area (Å²) in [6.45, 7) is 6.38. The zero-order chi connectivity index (χ0) is 17.2. The van der Waals surface area contributed by atoms with Gasteiger partial charge in [0.2, 0.25) is 5.88 Å². The minimum Gasteiger partial charge on any atom is -0.478 e. The lowest BCUT2D eigenvalue weighted by Crippen LogP contribution is -2.42. The first-order chi connectivity index (χ1) is 11.7. The van der Waals surface area contributed by atoms with Crippen LogP contribution in [0.5, 0.6) is 5.88 Å². The van der Waals surface area contributed by atoms with E-state index in [-0.39, 0.29) is 0 Å². The van der Waals surface area contributed by atoms with Crippen LogP contribution in [0.1, 0.15) is 45.1 Å². The quantitative estimate of drug-likeness (QED) is 0.557. The van der Waals surface area contributed by atoms with Crippen LogP contribution in [0, 0.1) is 0 Å². The van der Waals surface area contributed by atoms with Crippen LogP contribution < -0.4 is 15.4 Å². The Labute approximate surface area is 150 Å². The summed E-state index contributed by atoms with van der Waals surface area (Å²) in [5.41, 5.74) is 1.09. The van der Waals surface area contributed by atoms with Gasteiger partial charge in [0.1, 0.15) is 0 Å². The Balaban J connectivity index is 1.88. The maximum absolute atomic E-state index is 5.51. The van der Waals surface area contributed by atoms with Crippen molar-refractivity contribution in [2.45, 2.75) is 57.4 Å². The number of guanidine groups is 1. The summed E-state index contributed by atoms with van der Waals surface area (Å²) in [7, 11) is 0. The molecule has 6 heteroatoms. The lowest BCUT2D eigenvalue weighted by atomic mass is 10.2. The molecule has 2 N–H and O–H groups in total. The molecule has 1 aliphatic carbocycles. The first kappa shape index (κ1) is 18.9. The maximum atomic E-state index is 5.51. The highest BCUT2D eigenvalue weighted by Crippen LogP contribution is 2.28. The predicted octanol–water partition coefficient (Wildman–Crippen LogP) is 3.21. The van der Waals surface area contributed by atoms with Gasteiger partial charge in [-0.3, -0.25) is 0 Å². The third-order valence-corrected chi connectivity index (χ3v) is 5.17. The van der Waals surface area contributed by atoms with Gasteiger partial charge in [-0.1, -0.05) is 13.0 Å². The van der Waals surface area contributed by atoms with E-state index in [4.69, 9.17) is 9.73 Å². The minimum atomic E-state index is 0.531. The number of ether oxygens (including phenoxy) is 1. The number of aliphatic imine (C=N–C) groups is 1. The standard InChI is InChI=1S/C18H30N4OS/c1-4-10-23-17-9-6-14(12-20-17)13-21-18(19-5-2)22-15-7-8-16(11-15)24-3/h6,9,12,15-16H,4-5,7-8,10-11,13H2,1-3H3,(H2,19,21,22). The summed E-state index contributed by atoms with van der Waals surface area (Å²) in [5.74, 6) is 1.58. The van der Waals surface area contributed by atoms with E-state index in [1.807, 2.05) is 30.1 Å². The molecule has 2 unspecified atom stereocenters. The average molecular weight is 351 g/mol. The van der Waals surface area contributed by atoms with Crippen LogP contribution in [0.4, 0.5) is 0 Å². The highest BCUT2D eigenvalue weighted by atomic mass is 32.2. The number of hydrogen-bond donors (Lipinski definition) is 2. The third-order valence-electron chi connectivity index (χ3n) is 4.07. The third kappa shape index (κ3) is 6.23. The average Bonchev–Trinajstić information content (AvgIpc) is 3.06. The zero-order valence-corrected chi connectivity index (χ0v) is 15.9. The van der Waals surface area contributed by atoms with E-state index in [0.717, 1.165) is 29.7 Å². The van der Waals surface area contributed by atoms with Crippen molar-refractivity contribution in [3.8, 4) is 5.88 Å². The van der Waals surface area contributed by atoms with Crippen LogP contribution in [0.15, 0.2) is 23.3 Å². The second-order valence-electron chi connectivity index (χ2n) is 6.06. The number of nitrogens with one attached hydrogen (secondary N) is 2. The highest BCUT2D eigenvalue weighted by molar-refractivity contribution is 7.99. The number of nitrogens with zero attached hydrogens (tertiary/aromatic N) is 2. The van der Waals surface area contributed by atoms with Crippen molar-refractivity contribution >= 4 is 17.7 Å². The van der Waals surface area contributed by atoms with Crippen molar-refractivity contribution in [3.63, 3.8) is 0 Å². The second-order valence-corrected chi connectivity index (χ2v) is 7.20. The molecule has 5 nitrogen and oxygen atoms in total. The fraction of sp³-hybridized carbons (Fsp3) is 0.667. The largest absolute Gasteiger partial charge is 0.478 e. The molecule has 1 saturated carbocycles. The van der Waals surface area contributed by atoms with E-state index >= 15 is 0 Å². The normalized spacial score (nSPS) is 20.9. The summed E-state index contributed by atoms with van der Waals surface area (Å²) in [6.07, 6.45) is 8.77. The van der Waals surface area contributed by atoms with Gasteiger partial charge >= 0.3 is 0 Å². The molecule has 1 aliphatic rings. The molecule has 2 atom stereocenters. The lowest BCUT2D eigenvalue weighted by molar-refractivity contribution is 0.305. The van der Waals surface area contributed by atoms with Crippen LogP contribution in [0.25, 0.3) is 0 Å². The molecule has 0 radical (unpaired) electrons. The Morgan fingerprint density at radius 2 is 2.25 bits per heavy atom. The predicted molar refractivity (Wildman–Crippen MR) is 103 cm³/mol. The van der Waals surface area contributed by atoms with Crippen LogP contribution in [0.2, 0.25) is 0 Å². The van der Waals surface area contributed by atoms with Crippen molar-refractivity contribution in [1.29, 1.82) is 0 Å². The molecule has 1 fully saturated rings. The van der Waals surface area contributed by atoms with Crippen molar-refractivity contribution in [1.82, 2.24) is 15.6 Å². The number of hydrogen-bond acceptors (Lipinski definition) is 4. The van der Waals surface area contributed by atoms with E-state index in [0.29, 0.717) is 25.1 Å². The summed E-state index contributed by atoms with van der Waals surface area (Å²) in [4.78, 5) is 9.03. The molecule has 24 heavy (non-hydrogen) atoms. The van der Waals surface area contributed by atoms with Crippen LogP contribution >= 0.6 is 11.8 Å². The summed E-state index contributed by atoms with van der Waals surface area (Å²) in [6, 6.07) is 4.48. The smallest absolute Gasteiger partial charge is 0.213 e. The van der Waals surface area contributed by atoms with Gasteiger partial charge in [-0.05, 0) is 44.4 Å². The van der Waals surface area contributed by atoms with Gasteiger partial charge in [-0.2, -0.15) is 11.8 Å². The van der Waals surface area contributed by atoms with Crippen LogP contribution in [-0.4, -0.2) is 41.6 Å². The Bertz CT molecular complexity index is 506. The van der Waals surface area contributed by atoms with E-state index in [9.17, 15) is 0 Å². The molecule has 0 aromatic carbocycles. The second kappa shape index (κ2) is 10.4. The van der Waals surface area contributed by atoms with E-state index < -0.39 is 0 Å². The molecule has 0 aliphatic heterocycles. The van der Waals surface area contributed by atoms with Crippen LogP contribution in [0.3, 0.4) is 0 Å². The molecule has 1 heterocycles. The van der Waals surface area contributed by atoms with Gasteiger partial charge in [0.05, 0.1) is 13.2 Å². The van der Waals surface area contributed by atoms with E-state index in [1.165, 1.54) is 19.3 Å². The maximum Gasteiger partial charge on any atom is 0.213 e.